The molecule has 1 fully saturated rings. The minimum atomic E-state index is 0.778. The predicted octanol–water partition coefficient (Wildman–Crippen LogP) is 3.34. The third kappa shape index (κ3) is 2.32. The van der Waals surface area contributed by atoms with Crippen LogP contribution >= 0.6 is 0 Å². The number of nitrogens with zero attached hydrogens (tertiary/aromatic N) is 1. The number of hydrogen-bond acceptors (Lipinski definition) is 3. The molecule has 3 nitrogen and oxygen atoms in total. The first-order valence-corrected chi connectivity index (χ1v) is 5.92. The minimum absolute atomic E-state index is 0.778. The fourth-order valence-electron chi connectivity index (χ4n) is 1.80. The second kappa shape index (κ2) is 5.12. The third-order valence-corrected chi connectivity index (χ3v) is 2.76. The summed E-state index contributed by atoms with van der Waals surface area (Å²) in [5, 5.41) is 2.40. The van der Waals surface area contributed by atoms with Crippen molar-refractivity contribution in [2.24, 2.45) is 0 Å². The SMILES string of the molecule is C1COO1.c1ccc2nc3ccccc3cc2c1. The zero-order chi connectivity index (χ0) is 12.2. The van der Waals surface area contributed by atoms with Gasteiger partial charge in [0.05, 0.1) is 11.0 Å². The van der Waals surface area contributed by atoms with Crippen LogP contribution in [0.25, 0.3) is 21.8 Å². The minimum Gasteiger partial charge on any atom is -0.248 e. The van der Waals surface area contributed by atoms with Crippen LogP contribution in [0.15, 0.2) is 54.6 Å². The molecule has 0 atom stereocenters. The molecule has 0 radical (unpaired) electrons. The van der Waals surface area contributed by atoms with Gasteiger partial charge in [0.2, 0.25) is 0 Å². The molecule has 2 aromatic carbocycles. The molecule has 0 spiro atoms. The Labute approximate surface area is 105 Å². The lowest BCUT2D eigenvalue weighted by atomic mass is 10.1. The standard InChI is InChI=1S/C13H9N.C2H4O2/c1-3-7-12-10(5-1)9-11-6-2-4-8-13(11)14-12;1-2-4-3-1/h1-9H;1-2H2. The van der Waals surface area contributed by atoms with Gasteiger partial charge in [0.25, 0.3) is 0 Å². The Morgan fingerprint density at radius 3 is 1.61 bits per heavy atom. The van der Waals surface area contributed by atoms with Gasteiger partial charge in [-0.3, -0.25) is 0 Å². The lowest BCUT2D eigenvalue weighted by molar-refractivity contribution is -0.382. The molecule has 1 saturated heterocycles. The van der Waals surface area contributed by atoms with Crippen molar-refractivity contribution >= 4 is 21.8 Å². The molecule has 0 unspecified atom stereocenters. The molecule has 2 heterocycles. The molecule has 3 aromatic rings. The molecule has 0 amide bonds. The first-order valence-electron chi connectivity index (χ1n) is 5.92. The van der Waals surface area contributed by atoms with E-state index in [1.54, 1.807) is 0 Å². The third-order valence-electron chi connectivity index (χ3n) is 2.76. The Morgan fingerprint density at radius 2 is 1.17 bits per heavy atom. The van der Waals surface area contributed by atoms with E-state index in [1.165, 1.54) is 10.8 Å². The topological polar surface area (TPSA) is 31.4 Å². The van der Waals surface area contributed by atoms with Gasteiger partial charge in [0.15, 0.2) is 0 Å². The van der Waals surface area contributed by atoms with E-state index in [9.17, 15) is 0 Å². The Balaban J connectivity index is 0.000000214. The summed E-state index contributed by atoms with van der Waals surface area (Å²) >= 11 is 0. The van der Waals surface area contributed by atoms with Crippen molar-refractivity contribution in [2.75, 3.05) is 13.2 Å². The van der Waals surface area contributed by atoms with Crippen LogP contribution in [0.1, 0.15) is 0 Å². The van der Waals surface area contributed by atoms with Gasteiger partial charge in [-0.2, -0.15) is 0 Å². The van der Waals surface area contributed by atoms with Crippen molar-refractivity contribution in [3.8, 4) is 0 Å². The molecule has 1 aliphatic heterocycles. The summed E-state index contributed by atoms with van der Waals surface area (Å²) in [7, 11) is 0. The van der Waals surface area contributed by atoms with Crippen molar-refractivity contribution in [3.05, 3.63) is 54.6 Å². The predicted molar refractivity (Wildman–Crippen MR) is 71.2 cm³/mol. The van der Waals surface area contributed by atoms with Gasteiger partial charge in [-0.25, -0.2) is 14.8 Å². The van der Waals surface area contributed by atoms with Gasteiger partial charge in [0, 0.05) is 10.8 Å². The highest BCUT2D eigenvalue weighted by Crippen LogP contribution is 2.18. The Kier molecular flexibility index (Phi) is 3.17. The molecule has 4 rings (SSSR count). The molecule has 0 aliphatic carbocycles. The number of hydrogen-bond donors (Lipinski definition) is 0. The lowest BCUT2D eigenvalue weighted by Crippen LogP contribution is -2.14. The van der Waals surface area contributed by atoms with Crippen LogP contribution < -0.4 is 0 Å². The van der Waals surface area contributed by atoms with Crippen LogP contribution in [0.4, 0.5) is 0 Å². The van der Waals surface area contributed by atoms with Gasteiger partial charge in [-0.15, -0.1) is 0 Å². The van der Waals surface area contributed by atoms with E-state index < -0.39 is 0 Å². The van der Waals surface area contributed by atoms with Crippen LogP contribution in [0, 0.1) is 0 Å². The average Bonchev–Trinajstić information content (AvgIpc) is 2.34. The number of rotatable bonds is 0. The van der Waals surface area contributed by atoms with Gasteiger partial charge in [-0.1, -0.05) is 36.4 Å². The van der Waals surface area contributed by atoms with Crippen LogP contribution in [0.2, 0.25) is 0 Å². The van der Waals surface area contributed by atoms with Gasteiger partial charge in [0.1, 0.15) is 13.2 Å². The van der Waals surface area contributed by atoms with Crippen molar-refractivity contribution in [1.82, 2.24) is 4.98 Å². The Hall–Kier alpha value is -1.97. The van der Waals surface area contributed by atoms with E-state index in [2.05, 4.69) is 33.0 Å². The number of fused-ring (bicyclic) bond motifs is 2. The van der Waals surface area contributed by atoms with E-state index in [1.807, 2.05) is 36.4 Å². The summed E-state index contributed by atoms with van der Waals surface area (Å²) in [5.41, 5.74) is 2.12. The van der Waals surface area contributed by atoms with Crippen LogP contribution in [-0.4, -0.2) is 18.2 Å². The van der Waals surface area contributed by atoms with Crippen molar-refractivity contribution in [2.45, 2.75) is 0 Å². The summed E-state index contributed by atoms with van der Waals surface area (Å²) < 4.78 is 0. The quantitative estimate of drug-likeness (QED) is 0.445. The fourth-order valence-corrected chi connectivity index (χ4v) is 1.80. The summed E-state index contributed by atoms with van der Waals surface area (Å²) in [6, 6.07) is 18.6. The highest BCUT2D eigenvalue weighted by molar-refractivity contribution is 5.92. The molecule has 90 valence electrons. The molecule has 0 bridgehead atoms. The van der Waals surface area contributed by atoms with Crippen molar-refractivity contribution in [3.63, 3.8) is 0 Å². The molecule has 1 aromatic heterocycles. The van der Waals surface area contributed by atoms with Gasteiger partial charge >= 0.3 is 0 Å². The van der Waals surface area contributed by atoms with Crippen LogP contribution in [0.3, 0.4) is 0 Å². The highest BCUT2D eigenvalue weighted by Gasteiger charge is 1.97. The smallest absolute Gasteiger partial charge is 0.109 e. The van der Waals surface area contributed by atoms with Crippen molar-refractivity contribution < 1.29 is 9.78 Å². The maximum absolute atomic E-state index is 4.58. The zero-order valence-corrected chi connectivity index (χ0v) is 9.87. The maximum atomic E-state index is 4.58. The van der Waals surface area contributed by atoms with Crippen LogP contribution in [0.5, 0.6) is 0 Å². The number of pyridine rings is 1. The second-order valence-electron chi connectivity index (χ2n) is 4.02. The molecular weight excluding hydrogens is 226 g/mol. The first kappa shape index (κ1) is 11.1. The Morgan fingerprint density at radius 1 is 0.722 bits per heavy atom. The lowest BCUT2D eigenvalue weighted by Gasteiger charge is -2.08. The molecule has 3 heteroatoms. The second-order valence-corrected chi connectivity index (χ2v) is 4.02. The normalized spacial score (nSPS) is 13.8. The molecule has 18 heavy (non-hydrogen) atoms. The summed E-state index contributed by atoms with van der Waals surface area (Å²) in [5.74, 6) is 0. The maximum Gasteiger partial charge on any atom is 0.109 e. The summed E-state index contributed by atoms with van der Waals surface area (Å²) in [6.45, 7) is 1.56. The molecule has 0 saturated carbocycles. The number of aromatic nitrogens is 1. The first-order chi connectivity index (χ1) is 8.93. The number of benzene rings is 2. The monoisotopic (exact) mass is 239 g/mol. The van der Waals surface area contributed by atoms with Gasteiger partial charge in [-0.05, 0) is 18.2 Å². The summed E-state index contributed by atoms with van der Waals surface area (Å²) in [6.07, 6.45) is 0. The summed E-state index contributed by atoms with van der Waals surface area (Å²) in [4.78, 5) is 13.0. The van der Waals surface area contributed by atoms with Crippen molar-refractivity contribution in [1.29, 1.82) is 0 Å². The Bertz CT molecular complexity index is 554. The van der Waals surface area contributed by atoms with Crippen LogP contribution in [-0.2, 0) is 9.78 Å². The average molecular weight is 239 g/mol. The highest BCUT2D eigenvalue weighted by atomic mass is 17.2. The number of para-hydroxylation sites is 2. The molecule has 1 aliphatic rings. The largest absolute Gasteiger partial charge is 0.248 e. The van der Waals surface area contributed by atoms with E-state index in [4.69, 9.17) is 0 Å². The fraction of sp³-hybridized carbons (Fsp3) is 0.133. The van der Waals surface area contributed by atoms with E-state index >= 15 is 0 Å². The van der Waals surface area contributed by atoms with E-state index in [0.29, 0.717) is 0 Å². The van der Waals surface area contributed by atoms with E-state index in [-0.39, 0.29) is 0 Å². The zero-order valence-electron chi connectivity index (χ0n) is 9.87. The van der Waals surface area contributed by atoms with E-state index in [0.717, 1.165) is 24.2 Å². The molecule has 0 N–H and O–H groups in total. The molecular formula is C15H13NO2. The van der Waals surface area contributed by atoms with Gasteiger partial charge < -0.3 is 0 Å².